The quantitative estimate of drug-likeness (QED) is 0.465. The first kappa shape index (κ1) is 18.8. The summed E-state index contributed by atoms with van der Waals surface area (Å²) in [5.74, 6) is -2.29. The maximum atomic E-state index is 13.6. The van der Waals surface area contributed by atoms with E-state index in [-0.39, 0.29) is 16.9 Å². The number of carbonyl (C=O) groups is 2. The van der Waals surface area contributed by atoms with Gasteiger partial charge in [0.2, 0.25) is 0 Å². The van der Waals surface area contributed by atoms with Crippen molar-refractivity contribution in [3.8, 4) is 0 Å². The first-order chi connectivity index (χ1) is 12.3. The number of benzene rings is 2. The standard InChI is InChI=1S/C17H16FN3O5/c1-10(16(22)20-15-6-4-3-5-13(15)18)26-17(23)12-9-11(21(24)25)7-8-14(12)19-2/h3-10,19H,1-2H3,(H,20,22)/t10-/m1/s1. The average molecular weight is 361 g/mol. The van der Waals surface area contributed by atoms with E-state index < -0.39 is 28.7 Å². The van der Waals surface area contributed by atoms with Crippen LogP contribution in [0.25, 0.3) is 0 Å². The molecule has 0 unspecified atom stereocenters. The van der Waals surface area contributed by atoms with Crippen molar-refractivity contribution in [2.75, 3.05) is 17.7 Å². The van der Waals surface area contributed by atoms with Gasteiger partial charge in [-0.25, -0.2) is 9.18 Å². The van der Waals surface area contributed by atoms with Gasteiger partial charge in [-0.2, -0.15) is 0 Å². The smallest absolute Gasteiger partial charge is 0.341 e. The van der Waals surface area contributed by atoms with Crippen molar-refractivity contribution in [2.24, 2.45) is 0 Å². The van der Waals surface area contributed by atoms with Crippen molar-refractivity contribution in [2.45, 2.75) is 13.0 Å². The average Bonchev–Trinajstić information content (AvgIpc) is 2.62. The van der Waals surface area contributed by atoms with Crippen LogP contribution >= 0.6 is 0 Å². The molecule has 8 nitrogen and oxygen atoms in total. The Labute approximate surface area is 148 Å². The number of para-hydroxylation sites is 1. The number of hydrogen-bond acceptors (Lipinski definition) is 6. The molecule has 0 saturated heterocycles. The summed E-state index contributed by atoms with van der Waals surface area (Å²) in [6, 6.07) is 9.19. The van der Waals surface area contributed by atoms with Gasteiger partial charge in [-0.05, 0) is 25.1 Å². The molecule has 2 aromatic rings. The Balaban J connectivity index is 2.13. The summed E-state index contributed by atoms with van der Waals surface area (Å²) < 4.78 is 18.6. The minimum Gasteiger partial charge on any atom is -0.449 e. The highest BCUT2D eigenvalue weighted by Crippen LogP contribution is 2.23. The number of non-ortho nitro benzene ring substituents is 1. The first-order valence-electron chi connectivity index (χ1n) is 7.56. The van der Waals surface area contributed by atoms with Gasteiger partial charge in [0.25, 0.3) is 11.6 Å². The monoisotopic (exact) mass is 361 g/mol. The molecule has 0 fully saturated rings. The summed E-state index contributed by atoms with van der Waals surface area (Å²) in [6.07, 6.45) is -1.24. The largest absolute Gasteiger partial charge is 0.449 e. The van der Waals surface area contributed by atoms with Crippen molar-refractivity contribution in [1.82, 2.24) is 0 Å². The van der Waals surface area contributed by atoms with Gasteiger partial charge in [0.1, 0.15) is 5.82 Å². The highest BCUT2D eigenvalue weighted by molar-refractivity contribution is 6.00. The molecule has 0 aliphatic heterocycles. The van der Waals surface area contributed by atoms with E-state index in [9.17, 15) is 24.1 Å². The van der Waals surface area contributed by atoms with Crippen molar-refractivity contribution >= 4 is 28.9 Å². The molecule has 0 aliphatic rings. The lowest BCUT2D eigenvalue weighted by molar-refractivity contribution is -0.384. The van der Waals surface area contributed by atoms with Crippen LogP contribution in [0.1, 0.15) is 17.3 Å². The van der Waals surface area contributed by atoms with Crippen molar-refractivity contribution < 1.29 is 23.6 Å². The second-order valence-corrected chi connectivity index (χ2v) is 5.25. The predicted molar refractivity (Wildman–Crippen MR) is 92.6 cm³/mol. The molecule has 0 saturated carbocycles. The van der Waals surface area contributed by atoms with Crippen LogP contribution < -0.4 is 10.6 Å². The molecule has 0 heterocycles. The van der Waals surface area contributed by atoms with Gasteiger partial charge in [-0.15, -0.1) is 0 Å². The number of nitrogens with one attached hydrogen (secondary N) is 2. The van der Waals surface area contributed by atoms with Gasteiger partial charge in [0.05, 0.1) is 16.2 Å². The summed E-state index contributed by atoms with van der Waals surface area (Å²) in [5, 5.41) is 15.9. The minimum atomic E-state index is -1.24. The molecule has 0 aromatic heterocycles. The molecule has 2 aromatic carbocycles. The van der Waals surface area contributed by atoms with Gasteiger partial charge >= 0.3 is 5.97 Å². The summed E-state index contributed by atoms with van der Waals surface area (Å²) >= 11 is 0. The third-order valence-corrected chi connectivity index (χ3v) is 3.49. The van der Waals surface area contributed by atoms with Gasteiger partial charge in [0, 0.05) is 24.9 Å². The SMILES string of the molecule is CNc1ccc([N+](=O)[O-])cc1C(=O)O[C@H](C)C(=O)Nc1ccccc1F. The lowest BCUT2D eigenvalue weighted by Crippen LogP contribution is -2.30. The molecule has 1 atom stereocenters. The second kappa shape index (κ2) is 8.06. The van der Waals surface area contributed by atoms with Crippen LogP contribution in [0.4, 0.5) is 21.5 Å². The normalized spacial score (nSPS) is 11.3. The van der Waals surface area contributed by atoms with Crippen LogP contribution in [0.5, 0.6) is 0 Å². The number of rotatable bonds is 6. The molecular formula is C17H16FN3O5. The van der Waals surface area contributed by atoms with Crippen molar-refractivity contribution in [1.29, 1.82) is 0 Å². The van der Waals surface area contributed by atoms with Crippen LogP contribution in [0.3, 0.4) is 0 Å². The van der Waals surface area contributed by atoms with E-state index in [1.165, 1.54) is 50.4 Å². The van der Waals surface area contributed by atoms with E-state index in [4.69, 9.17) is 4.74 Å². The minimum absolute atomic E-state index is 0.0494. The van der Waals surface area contributed by atoms with E-state index in [1.54, 1.807) is 0 Å². The zero-order valence-electron chi connectivity index (χ0n) is 14.0. The highest BCUT2D eigenvalue weighted by atomic mass is 19.1. The number of amides is 1. The van der Waals surface area contributed by atoms with E-state index in [0.717, 1.165) is 6.07 Å². The number of nitro groups is 1. The number of halogens is 1. The number of nitro benzene ring substituents is 1. The Morgan fingerprint density at radius 2 is 1.88 bits per heavy atom. The van der Waals surface area contributed by atoms with Crippen LogP contribution in [-0.2, 0) is 9.53 Å². The summed E-state index contributed by atoms with van der Waals surface area (Å²) in [6.45, 7) is 1.31. The maximum absolute atomic E-state index is 13.6. The lowest BCUT2D eigenvalue weighted by atomic mass is 10.1. The fourth-order valence-corrected chi connectivity index (χ4v) is 2.11. The zero-order chi connectivity index (χ0) is 19.3. The van der Waals surface area contributed by atoms with E-state index in [0.29, 0.717) is 5.69 Å². The zero-order valence-corrected chi connectivity index (χ0v) is 14.0. The molecule has 0 aliphatic carbocycles. The van der Waals surface area contributed by atoms with Crippen molar-refractivity contribution in [3.63, 3.8) is 0 Å². The Hall–Kier alpha value is -3.49. The fourth-order valence-electron chi connectivity index (χ4n) is 2.11. The second-order valence-electron chi connectivity index (χ2n) is 5.25. The van der Waals surface area contributed by atoms with E-state index in [1.807, 2.05) is 0 Å². The summed E-state index contributed by atoms with van der Waals surface area (Å²) in [5.41, 5.74) is -0.124. The number of anilines is 2. The highest BCUT2D eigenvalue weighted by Gasteiger charge is 2.23. The molecule has 0 bridgehead atoms. The van der Waals surface area contributed by atoms with E-state index in [2.05, 4.69) is 10.6 Å². The molecule has 0 spiro atoms. The molecule has 9 heteroatoms. The lowest BCUT2D eigenvalue weighted by Gasteiger charge is -2.15. The third-order valence-electron chi connectivity index (χ3n) is 3.49. The summed E-state index contributed by atoms with van der Waals surface area (Å²) in [7, 11) is 1.53. The van der Waals surface area contributed by atoms with Gasteiger partial charge in [-0.3, -0.25) is 14.9 Å². The van der Waals surface area contributed by atoms with Gasteiger partial charge in [0.15, 0.2) is 6.10 Å². The van der Waals surface area contributed by atoms with Crippen LogP contribution in [0, 0.1) is 15.9 Å². The fraction of sp³-hybridized carbons (Fsp3) is 0.176. The van der Waals surface area contributed by atoms with Crippen LogP contribution in [-0.4, -0.2) is 30.0 Å². The number of nitrogens with zero attached hydrogens (tertiary/aromatic N) is 1. The van der Waals surface area contributed by atoms with Crippen LogP contribution in [0.2, 0.25) is 0 Å². The molecule has 2 N–H and O–H groups in total. The van der Waals surface area contributed by atoms with Gasteiger partial charge < -0.3 is 15.4 Å². The Kier molecular flexibility index (Phi) is 5.84. The first-order valence-corrected chi connectivity index (χ1v) is 7.56. The molecule has 26 heavy (non-hydrogen) atoms. The van der Waals surface area contributed by atoms with Crippen molar-refractivity contribution in [3.05, 3.63) is 64.0 Å². The third kappa shape index (κ3) is 4.32. The molecule has 136 valence electrons. The predicted octanol–water partition coefficient (Wildman–Crippen LogP) is 2.96. The Morgan fingerprint density at radius 1 is 1.19 bits per heavy atom. The molecule has 2 rings (SSSR count). The Bertz CT molecular complexity index is 856. The number of ether oxygens (including phenoxy) is 1. The molecule has 1 amide bonds. The molecular weight excluding hydrogens is 345 g/mol. The summed E-state index contributed by atoms with van der Waals surface area (Å²) in [4.78, 5) is 34.6. The maximum Gasteiger partial charge on any atom is 0.341 e. The number of esters is 1. The number of hydrogen-bond donors (Lipinski definition) is 2. The van der Waals surface area contributed by atoms with Gasteiger partial charge in [-0.1, -0.05) is 12.1 Å². The van der Waals surface area contributed by atoms with Crippen LogP contribution in [0.15, 0.2) is 42.5 Å². The number of carbonyl (C=O) groups excluding carboxylic acids is 2. The Morgan fingerprint density at radius 3 is 2.50 bits per heavy atom. The van der Waals surface area contributed by atoms with E-state index >= 15 is 0 Å². The molecule has 0 radical (unpaired) electrons. The topological polar surface area (TPSA) is 111 Å².